The van der Waals surface area contributed by atoms with Crippen LogP contribution in [-0.2, 0) is 6.42 Å². The maximum Gasteiger partial charge on any atom is 0.150 e. The molecule has 0 atom stereocenters. The first-order chi connectivity index (χ1) is 7.67. The van der Waals surface area contributed by atoms with Crippen LogP contribution >= 0.6 is 0 Å². The van der Waals surface area contributed by atoms with Crippen molar-refractivity contribution < 1.29 is 4.79 Å². The van der Waals surface area contributed by atoms with Gasteiger partial charge in [0, 0.05) is 18.0 Å². The summed E-state index contributed by atoms with van der Waals surface area (Å²) in [5.74, 6) is 1.08. The van der Waals surface area contributed by atoms with Gasteiger partial charge in [-0.05, 0) is 32.0 Å². The molecule has 0 amide bonds. The van der Waals surface area contributed by atoms with Crippen LogP contribution in [0.2, 0.25) is 0 Å². The van der Waals surface area contributed by atoms with Crippen LogP contribution in [-0.4, -0.2) is 15.8 Å². The number of hydrogen-bond acceptors (Lipinski definition) is 2. The Morgan fingerprint density at radius 3 is 2.75 bits per heavy atom. The maximum atomic E-state index is 10.7. The molecule has 0 fully saturated rings. The summed E-state index contributed by atoms with van der Waals surface area (Å²) in [6.07, 6.45) is 1.77. The first-order valence-electron chi connectivity index (χ1n) is 5.63. The summed E-state index contributed by atoms with van der Waals surface area (Å²) < 4.78 is 2.23. The normalized spacial score (nSPS) is 11.2. The highest BCUT2D eigenvalue weighted by molar-refractivity contribution is 5.85. The Labute approximate surface area is 95.1 Å². The van der Waals surface area contributed by atoms with Gasteiger partial charge in [-0.1, -0.05) is 6.92 Å². The zero-order valence-electron chi connectivity index (χ0n) is 9.90. The molecule has 16 heavy (non-hydrogen) atoms. The highest BCUT2D eigenvalue weighted by atomic mass is 16.1. The van der Waals surface area contributed by atoms with Crippen molar-refractivity contribution >= 4 is 17.3 Å². The number of nitrogens with zero attached hydrogens (tertiary/aromatic N) is 2. The average Bonchev–Trinajstić information content (AvgIpc) is 2.65. The second-order valence-electron chi connectivity index (χ2n) is 4.21. The van der Waals surface area contributed by atoms with Gasteiger partial charge in [0.1, 0.15) is 12.1 Å². The van der Waals surface area contributed by atoms with Gasteiger partial charge < -0.3 is 4.57 Å². The number of hydrogen-bond donors (Lipinski definition) is 0. The van der Waals surface area contributed by atoms with Crippen LogP contribution in [0, 0.1) is 0 Å². The SMILES string of the molecule is CCc1nc2cc(C=O)ccc2n1C(C)C. The quantitative estimate of drug-likeness (QED) is 0.739. The third-order valence-corrected chi connectivity index (χ3v) is 2.76. The van der Waals surface area contributed by atoms with E-state index in [1.807, 2.05) is 18.2 Å². The Morgan fingerprint density at radius 1 is 1.44 bits per heavy atom. The van der Waals surface area contributed by atoms with Gasteiger partial charge in [0.15, 0.2) is 0 Å². The fourth-order valence-electron chi connectivity index (χ4n) is 2.06. The number of carbonyl (C=O) groups is 1. The van der Waals surface area contributed by atoms with Gasteiger partial charge >= 0.3 is 0 Å². The molecule has 0 aliphatic rings. The van der Waals surface area contributed by atoms with Gasteiger partial charge in [0.25, 0.3) is 0 Å². The standard InChI is InChI=1S/C13H16N2O/c1-4-13-14-11-7-10(8-16)5-6-12(11)15(13)9(2)3/h5-9H,4H2,1-3H3. The number of aromatic nitrogens is 2. The molecule has 2 rings (SSSR count). The monoisotopic (exact) mass is 216 g/mol. The van der Waals surface area contributed by atoms with Gasteiger partial charge in [0.2, 0.25) is 0 Å². The average molecular weight is 216 g/mol. The first-order valence-corrected chi connectivity index (χ1v) is 5.63. The number of imidazole rings is 1. The molecule has 3 heteroatoms. The van der Waals surface area contributed by atoms with Crippen LogP contribution < -0.4 is 0 Å². The predicted molar refractivity (Wildman–Crippen MR) is 64.9 cm³/mol. The number of benzene rings is 1. The molecule has 0 unspecified atom stereocenters. The Morgan fingerprint density at radius 2 is 2.19 bits per heavy atom. The van der Waals surface area contributed by atoms with Crippen LogP contribution in [0.15, 0.2) is 18.2 Å². The minimum absolute atomic E-state index is 0.391. The van der Waals surface area contributed by atoms with Gasteiger partial charge in [-0.3, -0.25) is 4.79 Å². The molecule has 84 valence electrons. The molecular formula is C13H16N2O. The second kappa shape index (κ2) is 4.08. The molecule has 2 aromatic rings. The molecule has 0 spiro atoms. The fraction of sp³-hybridized carbons (Fsp3) is 0.385. The van der Waals surface area contributed by atoms with Crippen molar-refractivity contribution in [2.24, 2.45) is 0 Å². The largest absolute Gasteiger partial charge is 0.325 e. The number of carbonyl (C=O) groups excluding carboxylic acids is 1. The summed E-state index contributed by atoms with van der Waals surface area (Å²) in [4.78, 5) is 15.3. The van der Waals surface area contributed by atoms with Gasteiger partial charge in [-0.25, -0.2) is 4.98 Å². The van der Waals surface area contributed by atoms with E-state index >= 15 is 0 Å². The summed E-state index contributed by atoms with van der Waals surface area (Å²) >= 11 is 0. The van der Waals surface area contributed by atoms with E-state index in [9.17, 15) is 4.79 Å². The summed E-state index contributed by atoms with van der Waals surface area (Å²) in [6, 6.07) is 6.06. The highest BCUT2D eigenvalue weighted by Gasteiger charge is 2.11. The molecule has 0 radical (unpaired) electrons. The zero-order chi connectivity index (χ0) is 11.7. The van der Waals surface area contributed by atoms with E-state index in [-0.39, 0.29) is 0 Å². The molecule has 1 aromatic carbocycles. The predicted octanol–water partition coefficient (Wildman–Crippen LogP) is 2.99. The number of aldehydes is 1. The van der Waals surface area contributed by atoms with Gasteiger partial charge in [-0.15, -0.1) is 0 Å². The lowest BCUT2D eigenvalue weighted by Crippen LogP contribution is -2.05. The van der Waals surface area contributed by atoms with E-state index in [0.717, 1.165) is 29.6 Å². The van der Waals surface area contributed by atoms with E-state index in [4.69, 9.17) is 0 Å². The van der Waals surface area contributed by atoms with Crippen LogP contribution in [0.4, 0.5) is 0 Å². The molecule has 0 aliphatic heterocycles. The smallest absolute Gasteiger partial charge is 0.150 e. The van der Waals surface area contributed by atoms with Crippen molar-refractivity contribution in [2.75, 3.05) is 0 Å². The molecule has 3 nitrogen and oxygen atoms in total. The summed E-state index contributed by atoms with van der Waals surface area (Å²) in [5, 5.41) is 0. The van der Waals surface area contributed by atoms with Crippen LogP contribution in [0.25, 0.3) is 11.0 Å². The van der Waals surface area contributed by atoms with Crippen LogP contribution in [0.5, 0.6) is 0 Å². The summed E-state index contributed by atoms with van der Waals surface area (Å²) in [5.41, 5.74) is 2.70. The number of fused-ring (bicyclic) bond motifs is 1. The van der Waals surface area contributed by atoms with Crippen LogP contribution in [0.1, 0.15) is 43.0 Å². The molecule has 0 N–H and O–H groups in total. The van der Waals surface area contributed by atoms with E-state index < -0.39 is 0 Å². The lowest BCUT2D eigenvalue weighted by molar-refractivity contribution is 0.112. The van der Waals surface area contributed by atoms with Crippen molar-refractivity contribution in [2.45, 2.75) is 33.2 Å². The Hall–Kier alpha value is -1.64. The lowest BCUT2D eigenvalue weighted by Gasteiger charge is -2.11. The molecule has 0 aliphatic carbocycles. The maximum absolute atomic E-state index is 10.7. The van der Waals surface area contributed by atoms with Crippen molar-refractivity contribution in [3.63, 3.8) is 0 Å². The molecule has 1 aromatic heterocycles. The van der Waals surface area contributed by atoms with Gasteiger partial charge in [-0.2, -0.15) is 0 Å². The minimum Gasteiger partial charge on any atom is -0.325 e. The molecular weight excluding hydrogens is 200 g/mol. The highest BCUT2D eigenvalue weighted by Crippen LogP contribution is 2.22. The van der Waals surface area contributed by atoms with E-state index in [1.54, 1.807) is 0 Å². The van der Waals surface area contributed by atoms with Crippen LogP contribution in [0.3, 0.4) is 0 Å². The third kappa shape index (κ3) is 1.62. The van der Waals surface area contributed by atoms with Crippen molar-refractivity contribution in [1.82, 2.24) is 9.55 Å². The van der Waals surface area contributed by atoms with Crippen molar-refractivity contribution in [1.29, 1.82) is 0 Å². The Balaban J connectivity index is 2.72. The topological polar surface area (TPSA) is 34.9 Å². The lowest BCUT2D eigenvalue weighted by atomic mass is 10.2. The third-order valence-electron chi connectivity index (χ3n) is 2.76. The molecule has 0 saturated carbocycles. The van der Waals surface area contributed by atoms with Crippen molar-refractivity contribution in [3.05, 3.63) is 29.6 Å². The summed E-state index contributed by atoms with van der Waals surface area (Å²) in [6.45, 7) is 6.39. The number of aryl methyl sites for hydroxylation is 1. The fourth-order valence-corrected chi connectivity index (χ4v) is 2.06. The zero-order valence-corrected chi connectivity index (χ0v) is 9.90. The van der Waals surface area contributed by atoms with Crippen molar-refractivity contribution in [3.8, 4) is 0 Å². The summed E-state index contributed by atoms with van der Waals surface area (Å²) in [7, 11) is 0. The van der Waals surface area contributed by atoms with E-state index in [0.29, 0.717) is 11.6 Å². The Bertz CT molecular complexity index is 526. The number of rotatable bonds is 3. The van der Waals surface area contributed by atoms with E-state index in [1.165, 1.54) is 0 Å². The second-order valence-corrected chi connectivity index (χ2v) is 4.21. The van der Waals surface area contributed by atoms with E-state index in [2.05, 4.69) is 30.3 Å². The molecule has 0 saturated heterocycles. The molecule has 0 bridgehead atoms. The molecule has 1 heterocycles. The minimum atomic E-state index is 0.391. The Kier molecular flexibility index (Phi) is 2.77. The first kappa shape index (κ1) is 10.9. The van der Waals surface area contributed by atoms with Gasteiger partial charge in [0.05, 0.1) is 11.0 Å².